The molecular formula is C20H17ClINO4. The van der Waals surface area contributed by atoms with Crippen molar-refractivity contribution in [3.63, 3.8) is 0 Å². The van der Waals surface area contributed by atoms with Gasteiger partial charge in [-0.05, 0) is 78.4 Å². The van der Waals surface area contributed by atoms with Crippen LogP contribution in [-0.2, 0) is 9.53 Å². The fourth-order valence-electron chi connectivity index (χ4n) is 2.49. The predicted octanol–water partition coefficient (Wildman–Crippen LogP) is 5.08. The third-order valence-electron chi connectivity index (χ3n) is 3.60. The Hall–Kier alpha value is -2.06. The molecule has 0 unspecified atom stereocenters. The molecule has 1 aliphatic heterocycles. The lowest BCUT2D eigenvalue weighted by atomic mass is 10.1. The van der Waals surface area contributed by atoms with E-state index in [1.54, 1.807) is 18.2 Å². The second-order valence-electron chi connectivity index (χ2n) is 6.05. The zero-order valence-corrected chi connectivity index (χ0v) is 17.9. The van der Waals surface area contributed by atoms with Crippen molar-refractivity contribution in [2.45, 2.75) is 20.0 Å². The van der Waals surface area contributed by atoms with E-state index in [0.29, 0.717) is 22.1 Å². The van der Waals surface area contributed by atoms with Crippen LogP contribution in [0.2, 0.25) is 5.02 Å². The van der Waals surface area contributed by atoms with E-state index >= 15 is 0 Å². The molecule has 0 atom stereocenters. The van der Waals surface area contributed by atoms with Gasteiger partial charge in [0.2, 0.25) is 5.90 Å². The number of nitrogens with zero attached hydrogens (tertiary/aromatic N) is 1. The van der Waals surface area contributed by atoms with E-state index in [2.05, 4.69) is 27.6 Å². The highest BCUT2D eigenvalue weighted by Gasteiger charge is 2.24. The Morgan fingerprint density at radius 1 is 1.26 bits per heavy atom. The van der Waals surface area contributed by atoms with Gasteiger partial charge in [-0.1, -0.05) is 17.7 Å². The van der Waals surface area contributed by atoms with Crippen molar-refractivity contribution in [3.8, 4) is 11.5 Å². The lowest BCUT2D eigenvalue weighted by molar-refractivity contribution is -0.129. The third kappa shape index (κ3) is 4.62. The van der Waals surface area contributed by atoms with E-state index in [9.17, 15) is 4.79 Å². The monoisotopic (exact) mass is 497 g/mol. The van der Waals surface area contributed by atoms with Gasteiger partial charge in [0.1, 0.15) is 0 Å². The summed E-state index contributed by atoms with van der Waals surface area (Å²) in [5.74, 6) is 0.716. The third-order valence-corrected chi connectivity index (χ3v) is 4.55. The Labute approximate surface area is 176 Å². The number of ether oxygens (including phenoxy) is 3. The van der Waals surface area contributed by atoms with Crippen molar-refractivity contribution < 1.29 is 19.0 Å². The summed E-state index contributed by atoms with van der Waals surface area (Å²) in [5.41, 5.74) is 1.60. The lowest BCUT2D eigenvalue weighted by Gasteiger charge is -2.15. The van der Waals surface area contributed by atoms with Gasteiger partial charge in [-0.2, -0.15) is 0 Å². The molecule has 7 heteroatoms. The van der Waals surface area contributed by atoms with Crippen molar-refractivity contribution in [2.75, 3.05) is 7.11 Å². The van der Waals surface area contributed by atoms with Gasteiger partial charge in [-0.25, -0.2) is 9.79 Å². The van der Waals surface area contributed by atoms with Gasteiger partial charge >= 0.3 is 5.97 Å². The summed E-state index contributed by atoms with van der Waals surface area (Å²) < 4.78 is 17.4. The molecule has 1 heterocycles. The number of carbonyl (C=O) groups is 1. The Balaban J connectivity index is 1.96. The van der Waals surface area contributed by atoms with Crippen LogP contribution in [0.15, 0.2) is 47.1 Å². The maximum atomic E-state index is 12.2. The number of esters is 1. The summed E-state index contributed by atoms with van der Waals surface area (Å²) in [4.78, 5) is 16.5. The molecular weight excluding hydrogens is 481 g/mol. The van der Waals surface area contributed by atoms with Crippen LogP contribution < -0.4 is 9.47 Å². The van der Waals surface area contributed by atoms with E-state index < -0.39 is 5.97 Å². The highest BCUT2D eigenvalue weighted by atomic mass is 127. The fourth-order valence-corrected chi connectivity index (χ4v) is 3.29. The number of carbonyl (C=O) groups excluding carboxylic acids is 1. The molecule has 140 valence electrons. The summed E-state index contributed by atoms with van der Waals surface area (Å²) in [6.45, 7) is 3.81. The molecule has 0 spiro atoms. The number of hydrogen-bond acceptors (Lipinski definition) is 5. The maximum absolute atomic E-state index is 12.2. The van der Waals surface area contributed by atoms with Gasteiger partial charge in [0.05, 0.1) is 18.2 Å². The van der Waals surface area contributed by atoms with Crippen molar-refractivity contribution in [1.82, 2.24) is 0 Å². The first-order valence-corrected chi connectivity index (χ1v) is 9.65. The van der Waals surface area contributed by atoms with Gasteiger partial charge in [0.25, 0.3) is 0 Å². The number of halogens is 2. The van der Waals surface area contributed by atoms with Gasteiger partial charge < -0.3 is 14.2 Å². The largest absolute Gasteiger partial charge is 0.493 e. The quantitative estimate of drug-likeness (QED) is 0.328. The van der Waals surface area contributed by atoms with Crippen LogP contribution in [0.25, 0.3) is 6.08 Å². The maximum Gasteiger partial charge on any atom is 0.363 e. The smallest absolute Gasteiger partial charge is 0.363 e. The Bertz CT molecular complexity index is 953. The zero-order chi connectivity index (χ0) is 19.6. The van der Waals surface area contributed by atoms with Crippen LogP contribution in [0.1, 0.15) is 25.0 Å². The Kier molecular flexibility index (Phi) is 6.06. The molecule has 1 aliphatic rings. The van der Waals surface area contributed by atoms with Gasteiger partial charge in [-0.15, -0.1) is 0 Å². The van der Waals surface area contributed by atoms with E-state index in [1.165, 1.54) is 7.11 Å². The molecule has 0 saturated heterocycles. The topological polar surface area (TPSA) is 57.1 Å². The van der Waals surface area contributed by atoms with Crippen LogP contribution in [0.5, 0.6) is 11.5 Å². The average molecular weight is 498 g/mol. The standard InChI is InChI=1S/C20H17ClINO4/c1-11(2)26-18-15(21)7-12(9-17(18)25-3)8-16-20(24)27-19(23-16)13-5-4-6-14(22)10-13/h4-11H,1-3H3/b16-8-. The van der Waals surface area contributed by atoms with E-state index in [0.717, 1.165) is 9.13 Å². The van der Waals surface area contributed by atoms with E-state index in [4.69, 9.17) is 25.8 Å². The number of aliphatic imine (C=N–C) groups is 1. The number of methoxy groups -OCH3 is 1. The molecule has 0 bridgehead atoms. The first-order valence-electron chi connectivity index (χ1n) is 8.20. The van der Waals surface area contributed by atoms with Crippen molar-refractivity contribution in [2.24, 2.45) is 4.99 Å². The SMILES string of the molecule is COc1cc(/C=C2\N=C(c3cccc(I)c3)OC2=O)cc(Cl)c1OC(C)C. The molecule has 5 nitrogen and oxygen atoms in total. The molecule has 0 fully saturated rings. The molecule has 0 amide bonds. The summed E-state index contributed by atoms with van der Waals surface area (Å²) in [7, 11) is 1.53. The molecule has 27 heavy (non-hydrogen) atoms. The minimum atomic E-state index is -0.513. The highest BCUT2D eigenvalue weighted by molar-refractivity contribution is 14.1. The summed E-state index contributed by atoms with van der Waals surface area (Å²) >= 11 is 8.53. The minimum absolute atomic E-state index is 0.0498. The van der Waals surface area contributed by atoms with Crippen LogP contribution >= 0.6 is 34.2 Å². The molecule has 0 aliphatic carbocycles. The number of hydrogen-bond donors (Lipinski definition) is 0. The predicted molar refractivity (Wildman–Crippen MR) is 114 cm³/mol. The second kappa shape index (κ2) is 8.31. The molecule has 2 aromatic rings. The lowest BCUT2D eigenvalue weighted by Crippen LogP contribution is -2.07. The molecule has 0 radical (unpaired) electrons. The normalized spacial score (nSPS) is 15.1. The van der Waals surface area contributed by atoms with Crippen LogP contribution in [0, 0.1) is 3.57 Å². The molecule has 0 saturated carbocycles. The summed E-state index contributed by atoms with van der Waals surface area (Å²) in [6.07, 6.45) is 1.56. The molecule has 3 rings (SSSR count). The minimum Gasteiger partial charge on any atom is -0.493 e. The van der Waals surface area contributed by atoms with E-state index in [1.807, 2.05) is 38.1 Å². The number of benzene rings is 2. The van der Waals surface area contributed by atoms with Gasteiger partial charge in [-0.3, -0.25) is 0 Å². The van der Waals surface area contributed by atoms with Gasteiger partial charge in [0.15, 0.2) is 17.2 Å². The number of cyclic esters (lactones) is 1. The summed E-state index contributed by atoms with van der Waals surface area (Å²) in [6, 6.07) is 11.0. The van der Waals surface area contributed by atoms with Crippen LogP contribution in [-0.4, -0.2) is 25.1 Å². The second-order valence-corrected chi connectivity index (χ2v) is 7.70. The van der Waals surface area contributed by atoms with E-state index in [-0.39, 0.29) is 17.7 Å². The molecule has 2 aromatic carbocycles. The van der Waals surface area contributed by atoms with Gasteiger partial charge in [0, 0.05) is 9.13 Å². The van der Waals surface area contributed by atoms with Crippen molar-refractivity contribution in [3.05, 3.63) is 61.8 Å². The van der Waals surface area contributed by atoms with Crippen LogP contribution in [0.3, 0.4) is 0 Å². The zero-order valence-electron chi connectivity index (χ0n) is 15.0. The first kappa shape index (κ1) is 19.7. The first-order chi connectivity index (χ1) is 12.9. The average Bonchev–Trinajstić information content (AvgIpc) is 2.97. The van der Waals surface area contributed by atoms with Crippen molar-refractivity contribution >= 4 is 52.1 Å². The Morgan fingerprint density at radius 2 is 2.04 bits per heavy atom. The summed E-state index contributed by atoms with van der Waals surface area (Å²) in [5, 5.41) is 0.392. The molecule has 0 N–H and O–H groups in total. The Morgan fingerprint density at radius 3 is 2.70 bits per heavy atom. The molecule has 0 aromatic heterocycles. The van der Waals surface area contributed by atoms with Crippen molar-refractivity contribution in [1.29, 1.82) is 0 Å². The van der Waals surface area contributed by atoms with Crippen LogP contribution in [0.4, 0.5) is 0 Å². The highest BCUT2D eigenvalue weighted by Crippen LogP contribution is 2.38. The number of rotatable bonds is 5. The fraction of sp³-hybridized carbons (Fsp3) is 0.200.